The Morgan fingerprint density at radius 3 is 1.92 bits per heavy atom. The van der Waals surface area contributed by atoms with Gasteiger partial charge in [0.25, 0.3) is 5.91 Å². The monoisotopic (exact) mass is 543 g/mol. The van der Waals surface area contributed by atoms with Gasteiger partial charge in [-0.3, -0.25) is 9.59 Å². The number of carbonyl (C=O) groups excluding carboxylic acids is 2. The summed E-state index contributed by atoms with van der Waals surface area (Å²) in [5.74, 6) is 0.311. The molecule has 0 N–H and O–H groups in total. The van der Waals surface area contributed by atoms with Gasteiger partial charge in [-0.15, -0.1) is 11.3 Å². The summed E-state index contributed by atoms with van der Waals surface area (Å²) in [6.07, 6.45) is 17.0. The molecule has 0 aliphatic carbocycles. The standard InChI is InChI=1S/C26H39NO2S.C5H10.C3H8/c1-5-7-9-10-11-13-16-22(15-12-8-6-2)19-27-25(23-17-14-18-30-23)24(21(4)28)20(3)26(27)29;1-4-5(2)3;1-3-2/h14,17-18,22H,3,5-13,15-16,19H2,1-2,4H3;4H,1-3H3;3H2,1-2H3. The first kappa shape index (κ1) is 36.1. The Hall–Kier alpha value is -1.94. The van der Waals surface area contributed by atoms with Crippen molar-refractivity contribution in [3.05, 3.63) is 51.8 Å². The molecule has 1 aliphatic heterocycles. The maximum atomic E-state index is 13.1. The van der Waals surface area contributed by atoms with Crippen molar-refractivity contribution in [2.45, 2.75) is 132 Å². The van der Waals surface area contributed by atoms with Gasteiger partial charge in [-0.2, -0.15) is 0 Å². The van der Waals surface area contributed by atoms with Crippen molar-refractivity contribution in [2.75, 3.05) is 6.54 Å². The third-order valence-corrected chi connectivity index (χ3v) is 7.49. The normalized spacial score (nSPS) is 13.5. The highest BCUT2D eigenvalue weighted by Crippen LogP contribution is 2.39. The number of amides is 1. The second kappa shape index (κ2) is 21.9. The van der Waals surface area contributed by atoms with E-state index in [1.165, 1.54) is 69.8 Å². The Morgan fingerprint density at radius 2 is 1.45 bits per heavy atom. The van der Waals surface area contributed by atoms with Crippen LogP contribution in [0.15, 0.2) is 46.9 Å². The van der Waals surface area contributed by atoms with Gasteiger partial charge in [-0.1, -0.05) is 116 Å². The van der Waals surface area contributed by atoms with Crippen molar-refractivity contribution in [2.24, 2.45) is 5.92 Å². The molecule has 0 fully saturated rings. The fraction of sp³-hybridized carbons (Fsp3) is 0.647. The first-order valence-electron chi connectivity index (χ1n) is 15.1. The molecule has 0 saturated heterocycles. The van der Waals surface area contributed by atoms with Gasteiger partial charge < -0.3 is 4.90 Å². The first-order chi connectivity index (χ1) is 18.2. The molecule has 1 atom stereocenters. The maximum absolute atomic E-state index is 13.1. The summed E-state index contributed by atoms with van der Waals surface area (Å²) in [5, 5.41) is 2.00. The van der Waals surface area contributed by atoms with Crippen LogP contribution >= 0.6 is 11.3 Å². The summed E-state index contributed by atoms with van der Waals surface area (Å²) >= 11 is 1.58. The van der Waals surface area contributed by atoms with E-state index in [2.05, 4.69) is 54.2 Å². The van der Waals surface area contributed by atoms with Crippen molar-refractivity contribution < 1.29 is 9.59 Å². The van der Waals surface area contributed by atoms with E-state index in [0.717, 1.165) is 23.4 Å². The SMILES string of the molecule is C=C1C(=O)N(CC(CCCCC)CCCCCCCC)C(c2cccs2)=C1C(C)=O.CC=C(C)C.CCC. The zero-order valence-electron chi connectivity index (χ0n) is 26.0. The number of Topliss-reactive ketones (excluding diaryl/α,β-unsaturated/α-hetero) is 1. The number of allylic oxidation sites excluding steroid dienone is 2. The summed E-state index contributed by atoms with van der Waals surface area (Å²) in [4.78, 5) is 28.3. The summed E-state index contributed by atoms with van der Waals surface area (Å²) in [6.45, 7) is 21.1. The molecule has 4 heteroatoms. The highest BCUT2D eigenvalue weighted by Gasteiger charge is 2.37. The molecule has 0 radical (unpaired) electrons. The Labute approximate surface area is 239 Å². The van der Waals surface area contributed by atoms with Gasteiger partial charge in [0.15, 0.2) is 5.78 Å². The van der Waals surface area contributed by atoms with Crippen LogP contribution in [0.4, 0.5) is 0 Å². The molecular formula is C34H57NO2S. The van der Waals surface area contributed by atoms with Crippen LogP contribution < -0.4 is 0 Å². The Kier molecular flexibility index (Phi) is 20.8. The van der Waals surface area contributed by atoms with Gasteiger partial charge in [0, 0.05) is 12.1 Å². The van der Waals surface area contributed by atoms with Crippen LogP contribution in [-0.2, 0) is 9.59 Å². The third-order valence-electron chi connectivity index (χ3n) is 6.62. The zero-order valence-corrected chi connectivity index (χ0v) is 26.8. The van der Waals surface area contributed by atoms with Gasteiger partial charge in [0.05, 0.1) is 16.1 Å². The van der Waals surface area contributed by atoms with Gasteiger partial charge in [0.2, 0.25) is 0 Å². The second-order valence-corrected chi connectivity index (χ2v) is 11.6. The lowest BCUT2D eigenvalue weighted by Crippen LogP contribution is -2.31. The predicted octanol–water partition coefficient (Wildman–Crippen LogP) is 10.8. The highest BCUT2D eigenvalue weighted by molar-refractivity contribution is 7.11. The van der Waals surface area contributed by atoms with E-state index in [9.17, 15) is 9.59 Å². The van der Waals surface area contributed by atoms with E-state index in [0.29, 0.717) is 23.6 Å². The minimum Gasteiger partial charge on any atom is -0.306 e. The number of thiophene rings is 1. The quantitative estimate of drug-likeness (QED) is 0.125. The Balaban J connectivity index is 0.00000150. The minimum atomic E-state index is -0.0907. The van der Waals surface area contributed by atoms with Gasteiger partial charge in [-0.05, 0) is 57.9 Å². The summed E-state index contributed by atoms with van der Waals surface area (Å²) in [6, 6.07) is 3.98. The number of carbonyl (C=O) groups is 2. The lowest BCUT2D eigenvalue weighted by Gasteiger charge is -2.26. The van der Waals surface area contributed by atoms with Crippen LogP contribution in [0.5, 0.6) is 0 Å². The molecule has 0 saturated carbocycles. The zero-order chi connectivity index (χ0) is 28.9. The molecule has 1 aromatic heterocycles. The molecule has 38 heavy (non-hydrogen) atoms. The number of rotatable bonds is 15. The van der Waals surface area contributed by atoms with Crippen LogP contribution in [0.3, 0.4) is 0 Å². The lowest BCUT2D eigenvalue weighted by atomic mass is 9.93. The molecule has 216 valence electrons. The molecular weight excluding hydrogens is 486 g/mol. The Morgan fingerprint density at radius 1 is 0.947 bits per heavy atom. The summed E-state index contributed by atoms with van der Waals surface area (Å²) < 4.78 is 0. The number of unbranched alkanes of at least 4 members (excludes halogenated alkanes) is 7. The second-order valence-electron chi connectivity index (χ2n) is 10.6. The summed E-state index contributed by atoms with van der Waals surface area (Å²) in [5.41, 5.74) is 3.04. The van der Waals surface area contributed by atoms with E-state index in [4.69, 9.17) is 0 Å². The van der Waals surface area contributed by atoms with Crippen LogP contribution in [-0.4, -0.2) is 23.1 Å². The van der Waals surface area contributed by atoms with Gasteiger partial charge in [0.1, 0.15) is 0 Å². The van der Waals surface area contributed by atoms with Crippen LogP contribution in [0.2, 0.25) is 0 Å². The Bertz CT molecular complexity index is 859. The molecule has 2 rings (SSSR count). The molecule has 1 unspecified atom stereocenters. The van der Waals surface area contributed by atoms with Crippen LogP contribution in [0.1, 0.15) is 137 Å². The molecule has 0 bridgehead atoms. The number of hydrogen-bond acceptors (Lipinski definition) is 3. The largest absolute Gasteiger partial charge is 0.306 e. The number of nitrogens with zero attached hydrogens (tertiary/aromatic N) is 1. The fourth-order valence-electron chi connectivity index (χ4n) is 4.35. The molecule has 0 aromatic carbocycles. The van der Waals surface area contributed by atoms with Crippen molar-refractivity contribution in [3.8, 4) is 0 Å². The van der Waals surface area contributed by atoms with E-state index in [1.807, 2.05) is 29.3 Å². The number of ketones is 1. The van der Waals surface area contributed by atoms with E-state index in [-0.39, 0.29) is 11.7 Å². The summed E-state index contributed by atoms with van der Waals surface area (Å²) in [7, 11) is 0. The predicted molar refractivity (Wildman–Crippen MR) is 169 cm³/mol. The van der Waals surface area contributed by atoms with Crippen LogP contribution in [0.25, 0.3) is 5.70 Å². The van der Waals surface area contributed by atoms with Gasteiger partial charge in [-0.25, -0.2) is 0 Å². The maximum Gasteiger partial charge on any atom is 0.258 e. The van der Waals surface area contributed by atoms with E-state index >= 15 is 0 Å². The molecule has 2 heterocycles. The van der Waals surface area contributed by atoms with E-state index in [1.54, 1.807) is 18.3 Å². The van der Waals surface area contributed by atoms with E-state index < -0.39 is 0 Å². The van der Waals surface area contributed by atoms with Crippen LogP contribution in [0, 0.1) is 5.92 Å². The molecule has 3 nitrogen and oxygen atoms in total. The van der Waals surface area contributed by atoms with Gasteiger partial charge >= 0.3 is 0 Å². The molecule has 0 spiro atoms. The van der Waals surface area contributed by atoms with Crippen molar-refractivity contribution in [1.82, 2.24) is 4.90 Å². The third kappa shape index (κ3) is 13.7. The smallest absolute Gasteiger partial charge is 0.258 e. The first-order valence-corrected chi connectivity index (χ1v) is 16.0. The van der Waals surface area contributed by atoms with Crippen molar-refractivity contribution in [3.63, 3.8) is 0 Å². The average Bonchev–Trinajstić information content (AvgIpc) is 3.49. The highest BCUT2D eigenvalue weighted by atomic mass is 32.1. The molecule has 1 aromatic rings. The van der Waals surface area contributed by atoms with Crippen molar-refractivity contribution >= 4 is 28.7 Å². The fourth-order valence-corrected chi connectivity index (χ4v) is 5.14. The molecule has 1 aliphatic rings. The topological polar surface area (TPSA) is 37.4 Å². The lowest BCUT2D eigenvalue weighted by molar-refractivity contribution is -0.123. The van der Waals surface area contributed by atoms with Crippen molar-refractivity contribution in [1.29, 1.82) is 0 Å². The minimum absolute atomic E-state index is 0.0716. The number of hydrogen-bond donors (Lipinski definition) is 0. The average molecular weight is 544 g/mol. The molecule has 1 amide bonds.